The molecule has 0 spiro atoms. The molecule has 1 N–H and O–H groups in total. The van der Waals surface area contributed by atoms with Gasteiger partial charge in [0.1, 0.15) is 0 Å². The van der Waals surface area contributed by atoms with Gasteiger partial charge in [0, 0.05) is 12.0 Å². The van der Waals surface area contributed by atoms with Crippen molar-refractivity contribution in [3.63, 3.8) is 0 Å². The third-order valence-corrected chi connectivity index (χ3v) is 3.32. The van der Waals surface area contributed by atoms with E-state index in [-0.39, 0.29) is 12.0 Å². The molecule has 76 valence electrons. The molecule has 4 unspecified atom stereocenters. The normalized spacial score (nSPS) is 42.7. The van der Waals surface area contributed by atoms with Crippen molar-refractivity contribution in [1.82, 2.24) is 5.32 Å². The minimum absolute atomic E-state index is 0.123. The first-order valence-electron chi connectivity index (χ1n) is 4.33. The zero-order valence-corrected chi connectivity index (χ0v) is 7.16. The maximum Gasteiger partial charge on any atom is 0.422 e. The summed E-state index contributed by atoms with van der Waals surface area (Å²) in [4.78, 5) is 0. The lowest BCUT2D eigenvalue weighted by molar-refractivity contribution is -0.255. The van der Waals surface area contributed by atoms with Gasteiger partial charge in [0.15, 0.2) is 0 Å². The predicted molar refractivity (Wildman–Crippen MR) is 39.0 cm³/mol. The summed E-state index contributed by atoms with van der Waals surface area (Å²) in [5.74, 6) is -0.992. The minimum Gasteiger partial charge on any atom is -0.313 e. The maximum absolute atomic E-state index is 13.4. The molecule has 0 radical (unpaired) electrons. The van der Waals surface area contributed by atoms with E-state index in [9.17, 15) is 17.6 Å². The maximum atomic E-state index is 13.4. The van der Waals surface area contributed by atoms with E-state index in [0.717, 1.165) is 0 Å². The van der Waals surface area contributed by atoms with Gasteiger partial charge in [0.25, 0.3) is 0 Å². The van der Waals surface area contributed by atoms with E-state index < -0.39 is 17.8 Å². The average Bonchev–Trinajstić information content (AvgIpc) is 2.38. The smallest absolute Gasteiger partial charge is 0.313 e. The summed E-state index contributed by atoms with van der Waals surface area (Å²) in [7, 11) is 0. The number of nitrogens with one attached hydrogen (secondary N) is 1. The van der Waals surface area contributed by atoms with Crippen LogP contribution in [-0.2, 0) is 0 Å². The van der Waals surface area contributed by atoms with Gasteiger partial charge in [0.05, 0.1) is 0 Å². The molecule has 0 amide bonds. The Morgan fingerprint density at radius 2 is 1.85 bits per heavy atom. The van der Waals surface area contributed by atoms with Crippen LogP contribution in [0.25, 0.3) is 0 Å². The van der Waals surface area contributed by atoms with Crippen molar-refractivity contribution in [2.75, 3.05) is 6.54 Å². The Morgan fingerprint density at radius 1 is 1.23 bits per heavy atom. The molecule has 4 atom stereocenters. The second-order valence-electron chi connectivity index (χ2n) is 4.11. The van der Waals surface area contributed by atoms with Crippen molar-refractivity contribution >= 4 is 0 Å². The molecule has 1 saturated carbocycles. The Bertz CT molecular complexity index is 209. The van der Waals surface area contributed by atoms with Crippen LogP contribution in [0.4, 0.5) is 17.6 Å². The summed E-state index contributed by atoms with van der Waals surface area (Å²) in [5, 5.41) is 2.88. The van der Waals surface area contributed by atoms with Crippen LogP contribution in [0.3, 0.4) is 0 Å². The van der Waals surface area contributed by atoms with Crippen LogP contribution in [-0.4, -0.2) is 24.4 Å². The molecule has 3 fully saturated rings. The summed E-state index contributed by atoms with van der Waals surface area (Å²) in [6, 6.07) is -0.262. The molecule has 3 aliphatic rings. The fourth-order valence-electron chi connectivity index (χ4n) is 2.48. The third-order valence-electron chi connectivity index (χ3n) is 3.32. The number of fused-ring (bicyclic) bond motifs is 1. The largest absolute Gasteiger partial charge is 0.422 e. The lowest BCUT2D eigenvalue weighted by Crippen LogP contribution is -2.56. The Hall–Kier alpha value is -0.320. The first-order valence-corrected chi connectivity index (χ1v) is 4.33. The zero-order chi connectivity index (χ0) is 9.85. The van der Waals surface area contributed by atoms with Gasteiger partial charge < -0.3 is 5.32 Å². The number of alkyl halides is 4. The SMILES string of the molecule is CC(F)(C1C2CNC1C2)C(F)(F)F. The van der Waals surface area contributed by atoms with E-state index >= 15 is 0 Å². The number of hydrogen-bond donors (Lipinski definition) is 1. The topological polar surface area (TPSA) is 12.0 Å². The second-order valence-corrected chi connectivity index (χ2v) is 4.11. The molecule has 2 saturated heterocycles. The van der Waals surface area contributed by atoms with Gasteiger partial charge in [-0.05, 0) is 25.8 Å². The van der Waals surface area contributed by atoms with E-state index in [2.05, 4.69) is 5.32 Å². The summed E-state index contributed by atoms with van der Waals surface area (Å²) in [6.07, 6.45) is -4.04. The fourth-order valence-corrected chi connectivity index (χ4v) is 2.48. The van der Waals surface area contributed by atoms with Crippen molar-refractivity contribution in [2.45, 2.75) is 31.2 Å². The van der Waals surface area contributed by atoms with E-state index in [0.29, 0.717) is 19.9 Å². The molecule has 2 bridgehead atoms. The Labute approximate surface area is 73.5 Å². The molecular formula is C8H11F4N. The van der Waals surface area contributed by atoms with Crippen LogP contribution in [0.5, 0.6) is 0 Å². The van der Waals surface area contributed by atoms with E-state index in [1.165, 1.54) is 0 Å². The van der Waals surface area contributed by atoms with Gasteiger partial charge in [-0.3, -0.25) is 0 Å². The highest BCUT2D eigenvalue weighted by atomic mass is 19.4. The Balaban J connectivity index is 2.16. The minimum atomic E-state index is -4.74. The quantitative estimate of drug-likeness (QED) is 0.633. The first kappa shape index (κ1) is 9.24. The molecule has 5 heteroatoms. The monoisotopic (exact) mass is 197 g/mol. The van der Waals surface area contributed by atoms with Crippen LogP contribution < -0.4 is 5.32 Å². The van der Waals surface area contributed by atoms with Gasteiger partial charge in [-0.2, -0.15) is 13.2 Å². The van der Waals surface area contributed by atoms with Gasteiger partial charge in [-0.15, -0.1) is 0 Å². The van der Waals surface area contributed by atoms with E-state index in [1.54, 1.807) is 0 Å². The highest BCUT2D eigenvalue weighted by Gasteiger charge is 2.66. The van der Waals surface area contributed by atoms with Crippen molar-refractivity contribution in [1.29, 1.82) is 0 Å². The predicted octanol–water partition coefficient (Wildman–Crippen LogP) is 1.88. The first-order chi connectivity index (χ1) is 5.84. The third kappa shape index (κ3) is 1.09. The molecule has 1 aliphatic carbocycles. The molecule has 0 aromatic heterocycles. The van der Waals surface area contributed by atoms with Gasteiger partial charge >= 0.3 is 6.18 Å². The van der Waals surface area contributed by atoms with Gasteiger partial charge in [0.2, 0.25) is 5.67 Å². The molecule has 13 heavy (non-hydrogen) atoms. The van der Waals surface area contributed by atoms with Crippen molar-refractivity contribution < 1.29 is 17.6 Å². The lowest BCUT2D eigenvalue weighted by Gasteiger charge is -2.43. The average molecular weight is 197 g/mol. The van der Waals surface area contributed by atoms with Crippen LogP contribution >= 0.6 is 0 Å². The van der Waals surface area contributed by atoms with Crippen LogP contribution in [0.15, 0.2) is 0 Å². The van der Waals surface area contributed by atoms with Crippen LogP contribution in [0, 0.1) is 11.8 Å². The van der Waals surface area contributed by atoms with Gasteiger partial charge in [-0.1, -0.05) is 0 Å². The van der Waals surface area contributed by atoms with E-state index in [1.807, 2.05) is 0 Å². The molecule has 3 rings (SSSR count). The fraction of sp³-hybridized carbons (Fsp3) is 1.00. The molecule has 0 aromatic carbocycles. The Morgan fingerprint density at radius 3 is 2.15 bits per heavy atom. The zero-order valence-electron chi connectivity index (χ0n) is 7.16. The van der Waals surface area contributed by atoms with E-state index in [4.69, 9.17) is 0 Å². The lowest BCUT2D eigenvalue weighted by atomic mass is 9.66. The molecule has 1 nitrogen and oxygen atoms in total. The van der Waals surface area contributed by atoms with Crippen molar-refractivity contribution in [2.24, 2.45) is 11.8 Å². The highest BCUT2D eigenvalue weighted by Crippen LogP contribution is 2.53. The summed E-state index contributed by atoms with van der Waals surface area (Å²) in [5.41, 5.74) is -3.02. The number of hydrogen-bond acceptors (Lipinski definition) is 1. The van der Waals surface area contributed by atoms with Crippen LogP contribution in [0.2, 0.25) is 0 Å². The van der Waals surface area contributed by atoms with Crippen molar-refractivity contribution in [3.8, 4) is 0 Å². The van der Waals surface area contributed by atoms with Crippen molar-refractivity contribution in [3.05, 3.63) is 0 Å². The second kappa shape index (κ2) is 2.38. The Kier molecular flexibility index (Phi) is 1.69. The standard InChI is InChI=1S/C8H11F4N/c1-7(9,8(10,11)12)6-4-2-5(6)13-3-4/h4-6,13H,2-3H2,1H3. The summed E-state index contributed by atoms with van der Waals surface area (Å²) >= 11 is 0. The molecule has 0 aromatic rings. The van der Waals surface area contributed by atoms with Gasteiger partial charge in [-0.25, -0.2) is 4.39 Å². The molecule has 2 heterocycles. The highest BCUT2D eigenvalue weighted by molar-refractivity contribution is 5.11. The number of rotatable bonds is 1. The summed E-state index contributed by atoms with van der Waals surface area (Å²) < 4.78 is 50.2. The molecule has 2 aliphatic heterocycles. The number of halogens is 4. The molecular weight excluding hydrogens is 186 g/mol. The summed E-state index contributed by atoms with van der Waals surface area (Å²) in [6.45, 7) is 1.19. The van der Waals surface area contributed by atoms with Crippen LogP contribution in [0.1, 0.15) is 13.3 Å².